The summed E-state index contributed by atoms with van der Waals surface area (Å²) in [5.41, 5.74) is 1.97. The van der Waals surface area contributed by atoms with Crippen molar-refractivity contribution in [1.82, 2.24) is 0 Å². The van der Waals surface area contributed by atoms with Crippen LogP contribution in [0.5, 0.6) is 0 Å². The number of benzene rings is 2. The third kappa shape index (κ3) is 2.54. The molecule has 3 heteroatoms. The van der Waals surface area contributed by atoms with E-state index < -0.39 is 0 Å². The summed E-state index contributed by atoms with van der Waals surface area (Å²) >= 11 is 0. The van der Waals surface area contributed by atoms with Gasteiger partial charge in [0.2, 0.25) is 0 Å². The molecule has 1 aliphatic heterocycles. The molecule has 0 saturated carbocycles. The van der Waals surface area contributed by atoms with E-state index in [9.17, 15) is 4.39 Å². The van der Waals surface area contributed by atoms with Crippen molar-refractivity contribution in [1.29, 1.82) is 0 Å². The van der Waals surface area contributed by atoms with Crippen LogP contribution in [-0.4, -0.2) is 12.6 Å². The smallest absolute Gasteiger partial charge is 0.157 e. The van der Waals surface area contributed by atoms with Crippen molar-refractivity contribution >= 4 is 5.69 Å². The predicted molar refractivity (Wildman–Crippen MR) is 78.1 cm³/mol. The lowest BCUT2D eigenvalue weighted by atomic mass is 10.1. The van der Waals surface area contributed by atoms with Gasteiger partial charge >= 0.3 is 0 Å². The first kappa shape index (κ1) is 13.1. The fourth-order valence-corrected chi connectivity index (χ4v) is 2.62. The molecule has 1 aliphatic rings. The largest absolute Gasteiger partial charge is 0.349 e. The van der Waals surface area contributed by atoms with Gasteiger partial charge in [-0.1, -0.05) is 37.3 Å². The van der Waals surface area contributed by atoms with E-state index in [1.165, 1.54) is 6.07 Å². The van der Waals surface area contributed by atoms with Crippen LogP contribution in [0.1, 0.15) is 25.1 Å². The van der Waals surface area contributed by atoms with Crippen LogP contribution in [0.15, 0.2) is 54.6 Å². The quantitative estimate of drug-likeness (QED) is 0.832. The summed E-state index contributed by atoms with van der Waals surface area (Å²) in [5.74, 6) is -0.223. The van der Waals surface area contributed by atoms with Gasteiger partial charge in [0.25, 0.3) is 0 Å². The molecule has 2 aromatic carbocycles. The Bertz CT molecular complexity index is 572. The molecule has 0 bridgehead atoms. The monoisotopic (exact) mass is 271 g/mol. The molecule has 0 spiro atoms. The first-order valence-corrected chi connectivity index (χ1v) is 7.00. The molecule has 1 fully saturated rings. The summed E-state index contributed by atoms with van der Waals surface area (Å²) in [6.07, 6.45) is 0.927. The lowest BCUT2D eigenvalue weighted by molar-refractivity contribution is 0.0461. The van der Waals surface area contributed by atoms with E-state index in [1.807, 2.05) is 24.3 Å². The van der Waals surface area contributed by atoms with Gasteiger partial charge in [-0.05, 0) is 30.7 Å². The summed E-state index contributed by atoms with van der Waals surface area (Å²) < 4.78 is 19.5. The number of ether oxygens (including phenoxy) is 1. The van der Waals surface area contributed by atoms with Crippen LogP contribution in [0.25, 0.3) is 0 Å². The first-order chi connectivity index (χ1) is 9.78. The normalized spacial score (nSPS) is 22.2. The zero-order valence-corrected chi connectivity index (χ0v) is 11.5. The van der Waals surface area contributed by atoms with E-state index >= 15 is 0 Å². The zero-order chi connectivity index (χ0) is 13.9. The summed E-state index contributed by atoms with van der Waals surface area (Å²) in [4.78, 5) is 2.20. The molecule has 0 aliphatic carbocycles. The highest BCUT2D eigenvalue weighted by molar-refractivity contribution is 5.49. The lowest BCUT2D eigenvalue weighted by Crippen LogP contribution is -2.24. The van der Waals surface area contributed by atoms with Gasteiger partial charge in [0.15, 0.2) is 6.23 Å². The molecule has 2 unspecified atom stereocenters. The maximum atomic E-state index is 13.5. The summed E-state index contributed by atoms with van der Waals surface area (Å²) in [5, 5.41) is 0. The van der Waals surface area contributed by atoms with Crippen molar-refractivity contribution in [2.75, 3.05) is 11.4 Å². The molecule has 0 aromatic heterocycles. The SMILES string of the molecule is CCC1CN(c2ccccc2)C(c2cccc(F)c2)O1. The van der Waals surface area contributed by atoms with Crippen molar-refractivity contribution in [3.63, 3.8) is 0 Å². The molecule has 3 rings (SSSR count). The van der Waals surface area contributed by atoms with E-state index in [2.05, 4.69) is 24.0 Å². The second-order valence-corrected chi connectivity index (χ2v) is 5.06. The Hall–Kier alpha value is -1.87. The van der Waals surface area contributed by atoms with Crippen molar-refractivity contribution in [2.24, 2.45) is 0 Å². The highest BCUT2D eigenvalue weighted by Gasteiger charge is 2.33. The van der Waals surface area contributed by atoms with Crippen LogP contribution >= 0.6 is 0 Å². The predicted octanol–water partition coefficient (Wildman–Crippen LogP) is 4.14. The van der Waals surface area contributed by atoms with Gasteiger partial charge in [0.05, 0.1) is 6.10 Å². The third-order valence-electron chi connectivity index (χ3n) is 3.68. The number of nitrogens with zero attached hydrogens (tertiary/aromatic N) is 1. The minimum absolute atomic E-state index is 0.184. The van der Waals surface area contributed by atoms with E-state index in [4.69, 9.17) is 4.74 Å². The Balaban J connectivity index is 1.94. The van der Waals surface area contributed by atoms with Gasteiger partial charge in [0, 0.05) is 17.8 Å². The standard InChI is InChI=1S/C17H18FNO/c1-2-16-12-19(15-9-4-3-5-10-15)17(20-16)13-7-6-8-14(18)11-13/h3-11,16-17H,2,12H2,1H3. The topological polar surface area (TPSA) is 12.5 Å². The van der Waals surface area contributed by atoms with E-state index in [-0.39, 0.29) is 18.1 Å². The lowest BCUT2D eigenvalue weighted by Gasteiger charge is -2.25. The van der Waals surface area contributed by atoms with E-state index in [0.717, 1.165) is 24.2 Å². The molecule has 0 amide bonds. The molecule has 1 heterocycles. The van der Waals surface area contributed by atoms with Crippen LogP contribution in [0, 0.1) is 5.82 Å². The molecule has 0 radical (unpaired) electrons. The molecule has 104 valence electrons. The molecule has 2 aromatic rings. The summed E-state index contributed by atoms with van der Waals surface area (Å²) in [6.45, 7) is 2.95. The van der Waals surface area contributed by atoms with E-state index in [1.54, 1.807) is 12.1 Å². The minimum atomic E-state index is -0.223. The molecular weight excluding hydrogens is 253 g/mol. The summed E-state index contributed by atoms with van der Waals surface area (Å²) in [7, 11) is 0. The van der Waals surface area contributed by atoms with Gasteiger partial charge in [-0.25, -0.2) is 4.39 Å². The van der Waals surface area contributed by atoms with Crippen molar-refractivity contribution in [2.45, 2.75) is 25.7 Å². The maximum absolute atomic E-state index is 13.5. The maximum Gasteiger partial charge on any atom is 0.157 e. The van der Waals surface area contributed by atoms with Crippen LogP contribution in [0.4, 0.5) is 10.1 Å². The average molecular weight is 271 g/mol. The number of rotatable bonds is 3. The van der Waals surface area contributed by atoms with Crippen LogP contribution in [0.2, 0.25) is 0 Å². The fourth-order valence-electron chi connectivity index (χ4n) is 2.62. The Labute approximate surface area is 118 Å². The summed E-state index contributed by atoms with van der Waals surface area (Å²) in [6, 6.07) is 16.8. The number of anilines is 1. The third-order valence-corrected chi connectivity index (χ3v) is 3.68. The fraction of sp³-hybridized carbons (Fsp3) is 0.294. The molecule has 20 heavy (non-hydrogen) atoms. The minimum Gasteiger partial charge on any atom is -0.349 e. The van der Waals surface area contributed by atoms with Gasteiger partial charge in [-0.3, -0.25) is 0 Å². The van der Waals surface area contributed by atoms with Crippen LogP contribution < -0.4 is 4.90 Å². The molecule has 0 N–H and O–H groups in total. The van der Waals surface area contributed by atoms with Crippen LogP contribution in [-0.2, 0) is 4.74 Å². The number of hydrogen-bond donors (Lipinski definition) is 0. The highest BCUT2D eigenvalue weighted by Crippen LogP contribution is 2.35. The van der Waals surface area contributed by atoms with Crippen molar-refractivity contribution in [3.8, 4) is 0 Å². The average Bonchev–Trinajstić information content (AvgIpc) is 2.92. The van der Waals surface area contributed by atoms with Gasteiger partial charge in [0.1, 0.15) is 5.82 Å². The molecule has 1 saturated heterocycles. The molecule has 2 nitrogen and oxygen atoms in total. The second kappa shape index (κ2) is 5.63. The van der Waals surface area contributed by atoms with Gasteiger partial charge in [-0.15, -0.1) is 0 Å². The molecular formula is C17H18FNO. The van der Waals surface area contributed by atoms with Gasteiger partial charge < -0.3 is 9.64 Å². The Kier molecular flexibility index (Phi) is 3.70. The Morgan fingerprint density at radius 3 is 2.65 bits per heavy atom. The number of para-hydroxylation sites is 1. The van der Waals surface area contributed by atoms with Crippen molar-refractivity contribution in [3.05, 3.63) is 66.0 Å². The number of halogens is 1. The highest BCUT2D eigenvalue weighted by atomic mass is 19.1. The van der Waals surface area contributed by atoms with E-state index in [0.29, 0.717) is 0 Å². The number of hydrogen-bond acceptors (Lipinski definition) is 2. The van der Waals surface area contributed by atoms with Crippen LogP contribution in [0.3, 0.4) is 0 Å². The second-order valence-electron chi connectivity index (χ2n) is 5.06. The Morgan fingerprint density at radius 1 is 1.15 bits per heavy atom. The first-order valence-electron chi connectivity index (χ1n) is 7.00. The molecule has 2 atom stereocenters. The zero-order valence-electron chi connectivity index (χ0n) is 11.5. The van der Waals surface area contributed by atoms with Gasteiger partial charge in [-0.2, -0.15) is 0 Å². The Morgan fingerprint density at radius 2 is 1.95 bits per heavy atom. The van der Waals surface area contributed by atoms with Crippen molar-refractivity contribution < 1.29 is 9.13 Å².